The van der Waals surface area contributed by atoms with E-state index in [2.05, 4.69) is 0 Å². The SMILES string of the molecule is O=C(Nc1cc(SCC(F)(F)F)c(Cl)cc1F)C(F)(F)F. The summed E-state index contributed by atoms with van der Waals surface area (Å²) in [6.45, 7) is 0. The van der Waals surface area contributed by atoms with E-state index in [-0.39, 0.29) is 16.7 Å². The topological polar surface area (TPSA) is 29.1 Å². The molecule has 118 valence electrons. The van der Waals surface area contributed by atoms with Gasteiger partial charge in [0.15, 0.2) is 0 Å². The number of thioether (sulfide) groups is 1. The van der Waals surface area contributed by atoms with E-state index in [9.17, 15) is 35.5 Å². The van der Waals surface area contributed by atoms with Crippen LogP contribution in [-0.2, 0) is 4.79 Å². The Kier molecular flexibility index (Phi) is 5.37. The van der Waals surface area contributed by atoms with Crippen molar-refractivity contribution in [2.24, 2.45) is 0 Å². The van der Waals surface area contributed by atoms with Crippen molar-refractivity contribution in [3.63, 3.8) is 0 Å². The van der Waals surface area contributed by atoms with Crippen LogP contribution in [0.25, 0.3) is 0 Å². The lowest BCUT2D eigenvalue weighted by Crippen LogP contribution is -2.30. The molecule has 0 aromatic heterocycles. The number of carbonyl (C=O) groups excluding carboxylic acids is 1. The lowest BCUT2D eigenvalue weighted by Gasteiger charge is -2.12. The monoisotopic (exact) mass is 355 g/mol. The van der Waals surface area contributed by atoms with Gasteiger partial charge in [-0.2, -0.15) is 26.3 Å². The molecule has 0 aliphatic rings. The molecule has 0 heterocycles. The van der Waals surface area contributed by atoms with Crippen LogP contribution in [0.15, 0.2) is 17.0 Å². The second kappa shape index (κ2) is 6.30. The Labute approximate surface area is 122 Å². The van der Waals surface area contributed by atoms with E-state index in [1.807, 2.05) is 0 Å². The molecule has 0 fully saturated rings. The highest BCUT2D eigenvalue weighted by Gasteiger charge is 2.39. The largest absolute Gasteiger partial charge is 0.471 e. The first-order valence-corrected chi connectivity index (χ1v) is 6.33. The molecule has 0 unspecified atom stereocenters. The Morgan fingerprint density at radius 3 is 2.24 bits per heavy atom. The van der Waals surface area contributed by atoms with Gasteiger partial charge in [-0.25, -0.2) is 4.39 Å². The highest BCUT2D eigenvalue weighted by Crippen LogP contribution is 2.35. The summed E-state index contributed by atoms with van der Waals surface area (Å²) in [6, 6.07) is 1.13. The van der Waals surface area contributed by atoms with Crippen molar-refractivity contribution >= 4 is 35.0 Å². The average Bonchev–Trinajstić information content (AvgIpc) is 2.28. The third-order valence-electron chi connectivity index (χ3n) is 1.92. The maximum Gasteiger partial charge on any atom is 0.471 e. The molecule has 1 N–H and O–H groups in total. The number of carbonyl (C=O) groups is 1. The van der Waals surface area contributed by atoms with Crippen LogP contribution in [0, 0.1) is 5.82 Å². The first-order valence-electron chi connectivity index (χ1n) is 4.97. The summed E-state index contributed by atoms with van der Waals surface area (Å²) >= 11 is 5.65. The lowest BCUT2D eigenvalue weighted by atomic mass is 10.3. The summed E-state index contributed by atoms with van der Waals surface area (Å²) in [6.07, 6.45) is -9.80. The van der Waals surface area contributed by atoms with Crippen molar-refractivity contribution in [2.75, 3.05) is 11.1 Å². The molecule has 0 aliphatic heterocycles. The molecule has 1 amide bonds. The van der Waals surface area contributed by atoms with Crippen molar-refractivity contribution in [3.05, 3.63) is 23.0 Å². The third kappa shape index (κ3) is 5.62. The molecule has 1 aromatic carbocycles. The molecule has 21 heavy (non-hydrogen) atoms. The van der Waals surface area contributed by atoms with E-state index in [1.54, 1.807) is 0 Å². The maximum atomic E-state index is 13.4. The molecule has 0 saturated heterocycles. The highest BCUT2D eigenvalue weighted by atomic mass is 35.5. The molecule has 0 aliphatic carbocycles. The smallest absolute Gasteiger partial charge is 0.316 e. The summed E-state index contributed by atoms with van der Waals surface area (Å²) in [5.74, 6) is -5.12. The zero-order valence-corrected chi connectivity index (χ0v) is 11.3. The van der Waals surface area contributed by atoms with E-state index in [0.29, 0.717) is 12.1 Å². The zero-order valence-electron chi connectivity index (χ0n) is 9.70. The molecule has 0 bridgehead atoms. The summed E-state index contributed by atoms with van der Waals surface area (Å²) < 4.78 is 85.7. The van der Waals surface area contributed by atoms with Gasteiger partial charge in [-0.3, -0.25) is 4.79 Å². The van der Waals surface area contributed by atoms with Gasteiger partial charge in [0.25, 0.3) is 0 Å². The van der Waals surface area contributed by atoms with E-state index in [1.165, 1.54) is 5.32 Å². The van der Waals surface area contributed by atoms with Gasteiger partial charge in [-0.15, -0.1) is 11.8 Å². The molecule has 0 saturated carbocycles. The van der Waals surface area contributed by atoms with E-state index in [0.717, 1.165) is 0 Å². The number of nitrogens with one attached hydrogen (secondary N) is 1. The van der Waals surface area contributed by atoms with Crippen molar-refractivity contribution < 1.29 is 35.5 Å². The number of rotatable bonds is 3. The van der Waals surface area contributed by atoms with Gasteiger partial charge in [0.1, 0.15) is 5.82 Å². The second-order valence-electron chi connectivity index (χ2n) is 3.62. The number of alkyl halides is 6. The lowest BCUT2D eigenvalue weighted by molar-refractivity contribution is -0.167. The summed E-state index contributed by atoms with van der Waals surface area (Å²) in [4.78, 5) is 10.4. The molecular formula is C10H5ClF7NOS. The van der Waals surface area contributed by atoms with Gasteiger partial charge in [-0.05, 0) is 12.1 Å². The van der Waals surface area contributed by atoms with E-state index in [4.69, 9.17) is 11.6 Å². The number of anilines is 1. The third-order valence-corrected chi connectivity index (χ3v) is 3.46. The first kappa shape index (κ1) is 17.9. The summed E-state index contributed by atoms with van der Waals surface area (Å²) in [5, 5.41) is 0.812. The van der Waals surface area contributed by atoms with Crippen molar-refractivity contribution in [1.29, 1.82) is 0 Å². The number of benzene rings is 1. The van der Waals surface area contributed by atoms with Crippen molar-refractivity contribution in [3.8, 4) is 0 Å². The van der Waals surface area contributed by atoms with Crippen LogP contribution < -0.4 is 5.32 Å². The Balaban J connectivity index is 2.98. The van der Waals surface area contributed by atoms with Gasteiger partial charge >= 0.3 is 18.3 Å². The minimum atomic E-state index is -5.26. The van der Waals surface area contributed by atoms with Crippen LogP contribution in [-0.4, -0.2) is 24.0 Å². The normalized spacial score (nSPS) is 12.4. The Morgan fingerprint density at radius 2 is 1.76 bits per heavy atom. The Morgan fingerprint density at radius 1 is 1.19 bits per heavy atom. The van der Waals surface area contributed by atoms with Crippen LogP contribution in [0.5, 0.6) is 0 Å². The summed E-state index contributed by atoms with van der Waals surface area (Å²) in [7, 11) is 0. The molecule has 11 heteroatoms. The van der Waals surface area contributed by atoms with Crippen molar-refractivity contribution in [2.45, 2.75) is 17.2 Å². The van der Waals surface area contributed by atoms with Crippen LogP contribution in [0.1, 0.15) is 0 Å². The van der Waals surface area contributed by atoms with Crippen LogP contribution >= 0.6 is 23.4 Å². The fourth-order valence-corrected chi connectivity index (χ4v) is 2.12. The number of halogens is 8. The number of amides is 1. The molecule has 1 rings (SSSR count). The van der Waals surface area contributed by atoms with Gasteiger partial charge in [0.05, 0.1) is 16.5 Å². The van der Waals surface area contributed by atoms with E-state index < -0.39 is 40.5 Å². The zero-order chi connectivity index (χ0) is 16.4. The quantitative estimate of drug-likeness (QED) is 0.632. The van der Waals surface area contributed by atoms with Gasteiger partial charge in [0.2, 0.25) is 0 Å². The second-order valence-corrected chi connectivity index (χ2v) is 5.04. The average molecular weight is 356 g/mol. The Bertz CT molecular complexity index is 543. The summed E-state index contributed by atoms with van der Waals surface area (Å²) in [5.41, 5.74) is -0.911. The van der Waals surface area contributed by atoms with Gasteiger partial charge < -0.3 is 5.32 Å². The highest BCUT2D eigenvalue weighted by molar-refractivity contribution is 7.99. The first-order chi connectivity index (χ1) is 9.40. The maximum absolute atomic E-state index is 13.4. The Hall–Kier alpha value is -1.16. The van der Waals surface area contributed by atoms with E-state index >= 15 is 0 Å². The fourth-order valence-electron chi connectivity index (χ4n) is 1.09. The molecule has 1 aromatic rings. The van der Waals surface area contributed by atoms with Gasteiger partial charge in [-0.1, -0.05) is 11.6 Å². The fraction of sp³-hybridized carbons (Fsp3) is 0.300. The van der Waals surface area contributed by atoms with Crippen LogP contribution in [0.2, 0.25) is 5.02 Å². The number of hydrogen-bond donors (Lipinski definition) is 1. The molecule has 0 spiro atoms. The molecular weight excluding hydrogens is 351 g/mol. The van der Waals surface area contributed by atoms with Gasteiger partial charge in [0, 0.05) is 4.90 Å². The molecule has 0 atom stereocenters. The van der Waals surface area contributed by atoms with Crippen molar-refractivity contribution in [1.82, 2.24) is 0 Å². The minimum Gasteiger partial charge on any atom is -0.316 e. The van der Waals surface area contributed by atoms with Crippen LogP contribution in [0.3, 0.4) is 0 Å². The molecule has 0 radical (unpaired) electrons. The number of hydrogen-bond acceptors (Lipinski definition) is 2. The standard InChI is InChI=1S/C10H5ClF7NOS/c11-4-1-5(12)6(19-8(20)10(16,17)18)2-7(4)21-3-9(13,14)15/h1-2H,3H2,(H,19,20). The van der Waals surface area contributed by atoms with Crippen LogP contribution in [0.4, 0.5) is 36.4 Å². The predicted molar refractivity (Wildman–Crippen MR) is 62.9 cm³/mol. The predicted octanol–water partition coefficient (Wildman–Crippen LogP) is 4.63. The minimum absolute atomic E-state index is 0.155. The molecule has 2 nitrogen and oxygen atoms in total.